The number of hydrogen-bond acceptors (Lipinski definition) is 6. The Kier molecular flexibility index (Phi) is 8.24. The van der Waals surface area contributed by atoms with Crippen molar-refractivity contribution in [1.29, 1.82) is 0 Å². The van der Waals surface area contributed by atoms with Crippen molar-refractivity contribution in [2.45, 2.75) is 43.9 Å². The van der Waals surface area contributed by atoms with Crippen molar-refractivity contribution in [1.82, 2.24) is 10.3 Å². The van der Waals surface area contributed by atoms with Gasteiger partial charge in [0.05, 0.1) is 16.5 Å². The van der Waals surface area contributed by atoms with Crippen LogP contribution in [0, 0.1) is 6.92 Å². The highest BCUT2D eigenvalue weighted by atomic mass is 32.2. The van der Waals surface area contributed by atoms with E-state index in [4.69, 9.17) is 4.74 Å². The van der Waals surface area contributed by atoms with Gasteiger partial charge in [0.25, 0.3) is 0 Å². The SMILES string of the molecule is Cc1csc(CCCCNC(=O)CCCOc2ccc(S(C)(=O)=O)cc2)n1. The van der Waals surface area contributed by atoms with E-state index in [9.17, 15) is 13.2 Å². The van der Waals surface area contributed by atoms with Crippen LogP contribution in [0.1, 0.15) is 36.4 Å². The lowest BCUT2D eigenvalue weighted by Crippen LogP contribution is -2.24. The summed E-state index contributed by atoms with van der Waals surface area (Å²) in [5.41, 5.74) is 1.07. The van der Waals surface area contributed by atoms with Gasteiger partial charge in [0.15, 0.2) is 9.84 Å². The Bertz CT molecular complexity index is 830. The standard InChI is InChI=1S/C19H26N2O4S2/c1-15-14-26-19(21-15)7-3-4-12-20-18(22)6-5-13-25-16-8-10-17(11-9-16)27(2,23)24/h8-11,14H,3-7,12-13H2,1-2H3,(H,20,22). The predicted molar refractivity (Wildman–Crippen MR) is 107 cm³/mol. The predicted octanol–water partition coefficient (Wildman–Crippen LogP) is 3.15. The number of benzene rings is 1. The summed E-state index contributed by atoms with van der Waals surface area (Å²) >= 11 is 1.69. The van der Waals surface area contributed by atoms with Gasteiger partial charge in [0, 0.05) is 30.3 Å². The quantitative estimate of drug-likeness (QED) is 0.575. The Balaban J connectivity index is 1.53. The van der Waals surface area contributed by atoms with Crippen molar-refractivity contribution in [3.63, 3.8) is 0 Å². The van der Waals surface area contributed by atoms with Crippen molar-refractivity contribution in [3.05, 3.63) is 40.3 Å². The number of aromatic nitrogens is 1. The third-order valence-corrected chi connectivity index (χ3v) is 6.03. The van der Waals surface area contributed by atoms with Crippen LogP contribution in [0.2, 0.25) is 0 Å². The van der Waals surface area contributed by atoms with Crippen LogP contribution in [-0.2, 0) is 21.1 Å². The Morgan fingerprint density at radius 2 is 1.93 bits per heavy atom. The second-order valence-electron chi connectivity index (χ2n) is 6.39. The average Bonchev–Trinajstić information content (AvgIpc) is 3.03. The van der Waals surface area contributed by atoms with Crippen LogP contribution in [0.5, 0.6) is 5.75 Å². The molecule has 0 spiro atoms. The van der Waals surface area contributed by atoms with Crippen LogP contribution < -0.4 is 10.1 Å². The Labute approximate surface area is 164 Å². The van der Waals surface area contributed by atoms with Gasteiger partial charge in [0.1, 0.15) is 5.75 Å². The number of aryl methyl sites for hydroxylation is 2. The van der Waals surface area contributed by atoms with Gasteiger partial charge < -0.3 is 10.1 Å². The van der Waals surface area contributed by atoms with Crippen LogP contribution in [0.4, 0.5) is 0 Å². The molecule has 1 aromatic heterocycles. The summed E-state index contributed by atoms with van der Waals surface area (Å²) in [6, 6.07) is 6.29. The van der Waals surface area contributed by atoms with E-state index >= 15 is 0 Å². The molecule has 0 aliphatic rings. The molecule has 1 aromatic carbocycles. The number of carbonyl (C=O) groups excluding carboxylic acids is 1. The fourth-order valence-corrected chi connectivity index (χ4v) is 3.89. The minimum Gasteiger partial charge on any atom is -0.494 e. The molecule has 1 N–H and O–H groups in total. The molecule has 0 saturated heterocycles. The van der Waals surface area contributed by atoms with Gasteiger partial charge in [0.2, 0.25) is 5.91 Å². The van der Waals surface area contributed by atoms with Crippen LogP contribution >= 0.6 is 11.3 Å². The number of hydrogen-bond donors (Lipinski definition) is 1. The van der Waals surface area contributed by atoms with E-state index < -0.39 is 9.84 Å². The highest BCUT2D eigenvalue weighted by molar-refractivity contribution is 7.90. The Morgan fingerprint density at radius 3 is 2.56 bits per heavy atom. The summed E-state index contributed by atoms with van der Waals surface area (Å²) in [4.78, 5) is 16.5. The Hall–Kier alpha value is -1.93. The molecule has 148 valence electrons. The molecule has 0 bridgehead atoms. The molecule has 0 saturated carbocycles. The van der Waals surface area contributed by atoms with E-state index in [1.54, 1.807) is 23.5 Å². The maximum absolute atomic E-state index is 11.8. The average molecular weight is 411 g/mol. The number of sulfone groups is 1. The van der Waals surface area contributed by atoms with Gasteiger partial charge in [-0.3, -0.25) is 4.79 Å². The zero-order valence-corrected chi connectivity index (χ0v) is 17.4. The molecule has 0 aliphatic heterocycles. The zero-order chi connectivity index (χ0) is 19.7. The summed E-state index contributed by atoms with van der Waals surface area (Å²) in [6.07, 6.45) is 5.10. The molecule has 2 aromatic rings. The topological polar surface area (TPSA) is 85.4 Å². The van der Waals surface area contributed by atoms with Crippen molar-refractivity contribution in [3.8, 4) is 5.75 Å². The van der Waals surface area contributed by atoms with Crippen molar-refractivity contribution in [2.75, 3.05) is 19.4 Å². The number of thiazole rings is 1. The number of nitrogens with one attached hydrogen (secondary N) is 1. The highest BCUT2D eigenvalue weighted by Crippen LogP contribution is 2.16. The second kappa shape index (κ2) is 10.4. The Morgan fingerprint density at radius 1 is 1.19 bits per heavy atom. The maximum atomic E-state index is 11.8. The van der Waals surface area contributed by atoms with Crippen LogP contribution in [-0.4, -0.2) is 38.7 Å². The zero-order valence-electron chi connectivity index (χ0n) is 15.7. The number of ether oxygens (including phenoxy) is 1. The normalized spacial score (nSPS) is 11.3. The van der Waals surface area contributed by atoms with E-state index in [2.05, 4.69) is 15.7 Å². The first kappa shape index (κ1) is 21.4. The summed E-state index contributed by atoms with van der Waals surface area (Å²) < 4.78 is 28.3. The lowest BCUT2D eigenvalue weighted by Gasteiger charge is -2.07. The molecular weight excluding hydrogens is 384 g/mol. The number of amides is 1. The summed E-state index contributed by atoms with van der Waals surface area (Å²) in [5.74, 6) is 0.622. The fraction of sp³-hybridized carbons (Fsp3) is 0.474. The molecule has 0 aliphatic carbocycles. The third-order valence-electron chi connectivity index (χ3n) is 3.87. The first-order valence-corrected chi connectivity index (χ1v) is 11.7. The molecule has 8 heteroatoms. The number of unbranched alkanes of at least 4 members (excludes halogenated alkanes) is 1. The molecule has 0 fully saturated rings. The molecule has 6 nitrogen and oxygen atoms in total. The number of nitrogens with zero attached hydrogens (tertiary/aromatic N) is 1. The monoisotopic (exact) mass is 410 g/mol. The molecule has 0 unspecified atom stereocenters. The smallest absolute Gasteiger partial charge is 0.220 e. The lowest BCUT2D eigenvalue weighted by atomic mass is 10.2. The van der Waals surface area contributed by atoms with Gasteiger partial charge in [-0.2, -0.15) is 0 Å². The van der Waals surface area contributed by atoms with Gasteiger partial charge in [-0.15, -0.1) is 11.3 Å². The van der Waals surface area contributed by atoms with Crippen LogP contribution in [0.15, 0.2) is 34.5 Å². The van der Waals surface area contributed by atoms with Gasteiger partial charge >= 0.3 is 0 Å². The van der Waals surface area contributed by atoms with E-state index in [1.807, 2.05) is 6.92 Å². The largest absolute Gasteiger partial charge is 0.494 e. The van der Waals surface area contributed by atoms with Crippen molar-refractivity contribution >= 4 is 27.1 Å². The van der Waals surface area contributed by atoms with Crippen LogP contribution in [0.3, 0.4) is 0 Å². The fourth-order valence-electron chi connectivity index (χ4n) is 2.44. The number of rotatable bonds is 11. The molecule has 2 rings (SSSR count). The summed E-state index contributed by atoms with van der Waals surface area (Å²) in [7, 11) is -3.20. The third kappa shape index (κ3) is 8.09. The van der Waals surface area contributed by atoms with E-state index in [1.165, 1.54) is 18.4 Å². The van der Waals surface area contributed by atoms with E-state index in [0.717, 1.165) is 30.0 Å². The van der Waals surface area contributed by atoms with E-state index in [-0.39, 0.29) is 10.8 Å². The van der Waals surface area contributed by atoms with Gasteiger partial charge in [-0.1, -0.05) is 0 Å². The lowest BCUT2D eigenvalue weighted by molar-refractivity contribution is -0.121. The van der Waals surface area contributed by atoms with Gasteiger partial charge in [-0.25, -0.2) is 13.4 Å². The summed E-state index contributed by atoms with van der Waals surface area (Å²) in [6.45, 7) is 3.08. The molecule has 27 heavy (non-hydrogen) atoms. The maximum Gasteiger partial charge on any atom is 0.220 e. The minimum absolute atomic E-state index is 0.0242. The minimum atomic E-state index is -3.20. The van der Waals surface area contributed by atoms with E-state index in [0.29, 0.717) is 31.7 Å². The highest BCUT2D eigenvalue weighted by Gasteiger charge is 2.07. The summed E-state index contributed by atoms with van der Waals surface area (Å²) in [5, 5.41) is 6.13. The second-order valence-corrected chi connectivity index (χ2v) is 9.34. The van der Waals surface area contributed by atoms with Gasteiger partial charge in [-0.05, 0) is 56.9 Å². The van der Waals surface area contributed by atoms with Crippen molar-refractivity contribution in [2.24, 2.45) is 0 Å². The van der Waals surface area contributed by atoms with Crippen LogP contribution in [0.25, 0.3) is 0 Å². The number of carbonyl (C=O) groups is 1. The molecule has 1 heterocycles. The first-order chi connectivity index (χ1) is 12.8. The molecule has 1 amide bonds. The molecular formula is C19H26N2O4S2. The molecule has 0 atom stereocenters. The van der Waals surface area contributed by atoms with Crippen molar-refractivity contribution < 1.29 is 17.9 Å². The molecule has 0 radical (unpaired) electrons. The first-order valence-electron chi connectivity index (χ1n) is 8.95.